The van der Waals surface area contributed by atoms with Crippen LogP contribution in [-0.2, 0) is 14.3 Å². The van der Waals surface area contributed by atoms with Crippen molar-refractivity contribution in [3.05, 3.63) is 24.3 Å². The summed E-state index contributed by atoms with van der Waals surface area (Å²) in [4.78, 5) is 21.0. The first kappa shape index (κ1) is 15.2. The van der Waals surface area contributed by atoms with Crippen molar-refractivity contribution in [2.24, 2.45) is 0 Å². The van der Waals surface area contributed by atoms with Crippen LogP contribution >= 0.6 is 0 Å². The normalized spacial score (nSPS) is 13.3. The summed E-state index contributed by atoms with van der Waals surface area (Å²) in [6, 6.07) is 0. The summed E-state index contributed by atoms with van der Waals surface area (Å²) in [6.45, 7) is 0. The van der Waals surface area contributed by atoms with E-state index in [1.54, 1.807) is 0 Å². The number of halogens is 6. The van der Waals surface area contributed by atoms with Crippen molar-refractivity contribution < 1.29 is 40.7 Å². The van der Waals surface area contributed by atoms with Gasteiger partial charge in [-0.1, -0.05) is 0 Å². The summed E-state index contributed by atoms with van der Waals surface area (Å²) in [5.41, 5.74) is 0. The fourth-order valence-electron chi connectivity index (χ4n) is 0.492. The summed E-state index contributed by atoms with van der Waals surface area (Å²) in [6.07, 6.45) is -10.9. The van der Waals surface area contributed by atoms with Gasteiger partial charge >= 0.3 is 24.3 Å². The van der Waals surface area contributed by atoms with Crippen molar-refractivity contribution in [2.75, 3.05) is 0 Å². The molecule has 0 saturated heterocycles. The molecule has 0 aromatic heterocycles. The minimum atomic E-state index is -4.79. The Balaban J connectivity index is 4.29. The molecule has 0 amide bonds. The lowest BCUT2D eigenvalue weighted by Crippen LogP contribution is -2.11. The Hall–Kier alpha value is -1.80. The van der Waals surface area contributed by atoms with Crippen LogP contribution in [0.5, 0.6) is 0 Å². The molecule has 0 heterocycles. The van der Waals surface area contributed by atoms with E-state index in [4.69, 9.17) is 0 Å². The molecule has 0 aliphatic heterocycles. The van der Waals surface area contributed by atoms with Gasteiger partial charge in [0, 0.05) is 24.3 Å². The van der Waals surface area contributed by atoms with Crippen LogP contribution in [0, 0.1) is 0 Å². The van der Waals surface area contributed by atoms with E-state index >= 15 is 0 Å². The van der Waals surface area contributed by atoms with Gasteiger partial charge in [0.05, 0.1) is 0 Å². The third kappa shape index (κ3) is 10.5. The van der Waals surface area contributed by atoms with Crippen molar-refractivity contribution in [2.45, 2.75) is 12.4 Å². The van der Waals surface area contributed by atoms with Gasteiger partial charge in [0.1, 0.15) is 0 Å². The number of hydrogen-bond donors (Lipinski definition) is 0. The molecule has 0 rings (SSSR count). The number of esters is 2. The highest BCUT2D eigenvalue weighted by Crippen LogP contribution is 2.16. The van der Waals surface area contributed by atoms with Gasteiger partial charge in [-0.05, 0) is 0 Å². The molecule has 0 atom stereocenters. The first-order valence-corrected chi connectivity index (χ1v) is 3.77. The van der Waals surface area contributed by atoms with Gasteiger partial charge in [0.25, 0.3) is 0 Å². The number of rotatable bonds is 2. The fourth-order valence-corrected chi connectivity index (χ4v) is 0.492. The number of hydrogen-bond acceptors (Lipinski definition) is 3. The maximum atomic E-state index is 11.5. The van der Waals surface area contributed by atoms with Gasteiger partial charge in [0.15, 0.2) is 0 Å². The summed E-state index contributed by atoms with van der Waals surface area (Å²) in [7, 11) is 0. The lowest BCUT2D eigenvalue weighted by Gasteiger charge is -1.98. The van der Waals surface area contributed by atoms with Crippen molar-refractivity contribution in [3.63, 3.8) is 0 Å². The minimum absolute atomic E-state index is 0.126. The first-order valence-electron chi connectivity index (χ1n) is 3.77. The molecule has 9 heteroatoms. The fraction of sp³-hybridized carbons (Fsp3) is 0.250. The van der Waals surface area contributed by atoms with Gasteiger partial charge in [-0.3, -0.25) is 0 Å². The highest BCUT2D eigenvalue weighted by atomic mass is 19.4. The first-order chi connectivity index (χ1) is 7.49. The number of carbonyl (C=O) groups is 2. The largest absolute Gasteiger partial charge is 0.410 e. The molecular formula is C8H4F6O3. The number of ether oxygens (including phenoxy) is 1. The molecule has 0 bridgehead atoms. The van der Waals surface area contributed by atoms with Crippen LogP contribution in [-0.4, -0.2) is 24.3 Å². The molecule has 0 aliphatic carbocycles. The summed E-state index contributed by atoms with van der Waals surface area (Å²) in [5.74, 6) is -3.45. The van der Waals surface area contributed by atoms with Crippen molar-refractivity contribution in [1.82, 2.24) is 0 Å². The molecular weight excluding hydrogens is 258 g/mol. The second-order valence-corrected chi connectivity index (χ2v) is 2.49. The number of carbonyl (C=O) groups excluding carboxylic acids is 2. The Kier molecular flexibility index (Phi) is 4.92. The van der Waals surface area contributed by atoms with Crippen LogP contribution in [0.4, 0.5) is 26.3 Å². The van der Waals surface area contributed by atoms with E-state index in [9.17, 15) is 35.9 Å². The van der Waals surface area contributed by atoms with E-state index in [1.807, 2.05) is 0 Å². The van der Waals surface area contributed by atoms with Crippen LogP contribution in [0.25, 0.3) is 0 Å². The van der Waals surface area contributed by atoms with E-state index in [-0.39, 0.29) is 12.2 Å². The van der Waals surface area contributed by atoms with Crippen LogP contribution < -0.4 is 0 Å². The zero-order valence-electron chi connectivity index (χ0n) is 7.80. The smallest absolute Gasteiger partial charge is 0.387 e. The van der Waals surface area contributed by atoms with Gasteiger partial charge in [0.2, 0.25) is 0 Å². The number of allylic oxidation sites excluding steroid dienone is 2. The molecule has 0 spiro atoms. The Morgan fingerprint density at radius 3 is 1.29 bits per heavy atom. The molecule has 0 aliphatic rings. The molecule has 96 valence electrons. The average Bonchev–Trinajstić information content (AvgIpc) is 2.09. The molecule has 0 saturated carbocycles. The summed E-state index contributed by atoms with van der Waals surface area (Å²) in [5, 5.41) is 0. The molecule has 0 fully saturated rings. The van der Waals surface area contributed by atoms with Gasteiger partial charge < -0.3 is 4.74 Å². The predicted molar refractivity (Wildman–Crippen MR) is 41.5 cm³/mol. The van der Waals surface area contributed by atoms with Crippen LogP contribution in [0.15, 0.2) is 24.3 Å². The quantitative estimate of drug-likeness (QED) is 0.332. The van der Waals surface area contributed by atoms with E-state index < -0.39 is 36.4 Å². The lowest BCUT2D eigenvalue weighted by atomic mass is 10.4. The summed E-state index contributed by atoms with van der Waals surface area (Å²) < 4.78 is 72.7. The topological polar surface area (TPSA) is 43.4 Å². The molecule has 3 nitrogen and oxygen atoms in total. The van der Waals surface area contributed by atoms with Crippen molar-refractivity contribution in [1.29, 1.82) is 0 Å². The minimum Gasteiger partial charge on any atom is -0.387 e. The molecule has 0 N–H and O–H groups in total. The SMILES string of the molecule is O=C(C=CC(F)(F)F)OC(=O)C=CC(F)(F)F. The average molecular weight is 262 g/mol. The Morgan fingerprint density at radius 2 is 1.06 bits per heavy atom. The van der Waals surface area contributed by atoms with E-state index in [1.165, 1.54) is 0 Å². The molecule has 0 aromatic rings. The number of alkyl halides is 6. The highest BCUT2D eigenvalue weighted by Gasteiger charge is 2.24. The third-order valence-electron chi connectivity index (χ3n) is 1.02. The lowest BCUT2D eigenvalue weighted by molar-refractivity contribution is -0.153. The zero-order valence-corrected chi connectivity index (χ0v) is 7.80. The third-order valence-corrected chi connectivity index (χ3v) is 1.02. The van der Waals surface area contributed by atoms with E-state index in [2.05, 4.69) is 4.74 Å². The van der Waals surface area contributed by atoms with Gasteiger partial charge in [-0.15, -0.1) is 0 Å². The van der Waals surface area contributed by atoms with Crippen LogP contribution in [0.2, 0.25) is 0 Å². The molecule has 0 radical (unpaired) electrons. The standard InChI is InChI=1S/C8H4F6O3/c9-7(10,11)3-1-5(15)17-6(16)2-4-8(12,13)14/h1-4H. The Bertz CT molecular complexity index is 315. The second kappa shape index (κ2) is 5.51. The molecule has 0 aromatic carbocycles. The Morgan fingerprint density at radius 1 is 0.765 bits per heavy atom. The summed E-state index contributed by atoms with van der Waals surface area (Å²) >= 11 is 0. The van der Waals surface area contributed by atoms with Gasteiger partial charge in [-0.25, -0.2) is 9.59 Å². The molecule has 17 heavy (non-hydrogen) atoms. The Labute approximate surface area is 90.3 Å². The van der Waals surface area contributed by atoms with E-state index in [0.29, 0.717) is 0 Å². The predicted octanol–water partition coefficient (Wildman–Crippen LogP) is 2.29. The maximum Gasteiger partial charge on any atom is 0.410 e. The second-order valence-electron chi connectivity index (χ2n) is 2.49. The highest BCUT2D eigenvalue weighted by molar-refractivity contribution is 5.96. The zero-order chi connectivity index (χ0) is 13.7. The van der Waals surface area contributed by atoms with Crippen molar-refractivity contribution in [3.8, 4) is 0 Å². The van der Waals surface area contributed by atoms with Crippen LogP contribution in [0.3, 0.4) is 0 Å². The van der Waals surface area contributed by atoms with Crippen LogP contribution in [0.1, 0.15) is 0 Å². The molecule has 0 unspecified atom stereocenters. The van der Waals surface area contributed by atoms with Crippen molar-refractivity contribution >= 4 is 11.9 Å². The monoisotopic (exact) mass is 262 g/mol. The maximum absolute atomic E-state index is 11.5. The van der Waals surface area contributed by atoms with Gasteiger partial charge in [-0.2, -0.15) is 26.3 Å². The van der Waals surface area contributed by atoms with E-state index in [0.717, 1.165) is 0 Å².